The van der Waals surface area contributed by atoms with Gasteiger partial charge in [-0.2, -0.15) is 0 Å². The maximum atomic E-state index is 10.9. The van der Waals surface area contributed by atoms with Gasteiger partial charge in [0.05, 0.1) is 13.0 Å². The number of carbonyl (C=O) groups excluding carboxylic acids is 1. The average molecular weight is 192 g/mol. The van der Waals surface area contributed by atoms with E-state index in [1.165, 1.54) is 0 Å². The molecule has 1 N–H and O–H groups in total. The van der Waals surface area contributed by atoms with Crippen LogP contribution in [0.3, 0.4) is 0 Å². The summed E-state index contributed by atoms with van der Waals surface area (Å²) in [5, 5.41) is 2.54. The fourth-order valence-electron chi connectivity index (χ4n) is 1.03. The number of carbonyl (C=O) groups is 1. The number of ether oxygens (including phenoxy) is 1. The Hall–Kier alpha value is -1.51. The minimum absolute atomic E-state index is 0.00999. The van der Waals surface area contributed by atoms with Crippen LogP contribution in [0.25, 0.3) is 0 Å². The number of benzene rings is 1. The molecule has 0 aliphatic carbocycles. The van der Waals surface area contributed by atoms with Gasteiger partial charge in [0.25, 0.3) is 0 Å². The van der Waals surface area contributed by atoms with Crippen LogP contribution in [-0.4, -0.2) is 19.6 Å². The number of rotatable bonds is 4. The lowest BCUT2D eigenvalue weighted by Crippen LogP contribution is -2.20. The lowest BCUT2D eigenvalue weighted by molar-refractivity contribution is -0.121. The number of nitrogens with one attached hydrogen (secondary N) is 1. The minimum atomic E-state index is -0.00999. The second-order valence-electron chi connectivity index (χ2n) is 2.98. The molecule has 0 unspecified atom stereocenters. The summed E-state index contributed by atoms with van der Waals surface area (Å²) in [7, 11) is 1.62. The zero-order chi connectivity index (χ0) is 10.4. The molecule has 0 aliphatic rings. The summed E-state index contributed by atoms with van der Waals surface area (Å²) in [5.41, 5.74) is 1.03. The van der Waals surface area contributed by atoms with Gasteiger partial charge in [-0.05, 0) is 30.7 Å². The predicted octanol–water partition coefficient (Wildman–Crippen LogP) is 1.31. The molecular weight excluding hydrogens is 178 g/mol. The molecule has 0 heterocycles. The fraction of sp³-hybridized carbons (Fsp3) is 0.364. The summed E-state index contributed by atoms with van der Waals surface area (Å²) in [6.45, 7) is 2.36. The van der Waals surface area contributed by atoms with Crippen molar-refractivity contribution >= 4 is 5.91 Å². The van der Waals surface area contributed by atoms with Gasteiger partial charge in [-0.25, -0.2) is 0 Å². The van der Waals surface area contributed by atoms with Crippen LogP contribution in [-0.2, 0) is 4.79 Å². The molecule has 1 amide bonds. The Morgan fingerprint density at radius 3 is 3.07 bits per heavy atom. The standard InChI is InChI=1S/C11H14NO2/c1-9-4-3-5-10(8-9)14-7-6-11(13)12-2/h3,5,8H,6-7H2,1-2H3,(H,12,13). The Labute approximate surface area is 84.1 Å². The Balaban J connectivity index is 2.35. The highest BCUT2D eigenvalue weighted by Gasteiger charge is 1.98. The Morgan fingerprint density at radius 1 is 1.64 bits per heavy atom. The van der Waals surface area contributed by atoms with Gasteiger partial charge in [0, 0.05) is 7.05 Å². The maximum Gasteiger partial charge on any atom is 0.223 e. The molecule has 1 aromatic rings. The van der Waals surface area contributed by atoms with Gasteiger partial charge in [-0.15, -0.1) is 0 Å². The molecule has 3 nitrogen and oxygen atoms in total. The van der Waals surface area contributed by atoms with Crippen molar-refractivity contribution in [2.24, 2.45) is 0 Å². The van der Waals surface area contributed by atoms with Crippen molar-refractivity contribution in [1.29, 1.82) is 0 Å². The summed E-state index contributed by atoms with van der Waals surface area (Å²) in [6, 6.07) is 8.56. The highest BCUT2D eigenvalue weighted by molar-refractivity contribution is 5.75. The molecule has 0 spiro atoms. The first-order valence-electron chi connectivity index (χ1n) is 4.54. The lowest BCUT2D eigenvalue weighted by atomic mass is 10.2. The van der Waals surface area contributed by atoms with Gasteiger partial charge in [-0.1, -0.05) is 6.07 Å². The van der Waals surface area contributed by atoms with E-state index in [0.29, 0.717) is 13.0 Å². The summed E-state index contributed by atoms with van der Waals surface area (Å²) in [5.74, 6) is 0.773. The van der Waals surface area contributed by atoms with Gasteiger partial charge in [-0.3, -0.25) is 4.79 Å². The van der Waals surface area contributed by atoms with Crippen molar-refractivity contribution in [1.82, 2.24) is 5.32 Å². The summed E-state index contributed by atoms with van der Waals surface area (Å²) < 4.78 is 5.38. The number of amides is 1. The third-order valence-electron chi connectivity index (χ3n) is 1.79. The Kier molecular flexibility index (Phi) is 3.98. The Bertz CT molecular complexity index is 310. The van der Waals surface area contributed by atoms with E-state index >= 15 is 0 Å². The first-order valence-corrected chi connectivity index (χ1v) is 4.54. The second-order valence-corrected chi connectivity index (χ2v) is 2.98. The van der Waals surface area contributed by atoms with E-state index in [4.69, 9.17) is 4.74 Å². The largest absolute Gasteiger partial charge is 0.493 e. The highest BCUT2D eigenvalue weighted by Crippen LogP contribution is 2.11. The van der Waals surface area contributed by atoms with E-state index in [0.717, 1.165) is 11.3 Å². The van der Waals surface area contributed by atoms with Crippen LogP contribution < -0.4 is 10.1 Å². The van der Waals surface area contributed by atoms with E-state index in [-0.39, 0.29) is 5.91 Å². The SMILES string of the molecule is CNC(=O)CCOc1cc[c]c(C)c1. The second kappa shape index (κ2) is 5.27. The highest BCUT2D eigenvalue weighted by atomic mass is 16.5. The molecule has 1 radical (unpaired) electrons. The minimum Gasteiger partial charge on any atom is -0.493 e. The topological polar surface area (TPSA) is 38.3 Å². The molecule has 0 saturated heterocycles. The van der Waals surface area contributed by atoms with E-state index in [9.17, 15) is 4.79 Å². The van der Waals surface area contributed by atoms with Crippen LogP contribution in [0.2, 0.25) is 0 Å². The van der Waals surface area contributed by atoms with E-state index in [1.807, 2.05) is 25.1 Å². The zero-order valence-corrected chi connectivity index (χ0v) is 8.46. The quantitative estimate of drug-likeness (QED) is 0.781. The first kappa shape index (κ1) is 10.6. The molecule has 75 valence electrons. The predicted molar refractivity (Wildman–Crippen MR) is 54.2 cm³/mol. The van der Waals surface area contributed by atoms with E-state index in [1.54, 1.807) is 7.05 Å². The van der Waals surface area contributed by atoms with Crippen LogP contribution in [0.5, 0.6) is 5.75 Å². The molecule has 3 heteroatoms. The van der Waals surface area contributed by atoms with Crippen molar-refractivity contribution in [2.45, 2.75) is 13.3 Å². The molecule has 1 rings (SSSR count). The molecule has 0 atom stereocenters. The zero-order valence-electron chi connectivity index (χ0n) is 8.46. The summed E-state index contributed by atoms with van der Waals surface area (Å²) in [6.07, 6.45) is 0.383. The van der Waals surface area contributed by atoms with Gasteiger partial charge in [0.2, 0.25) is 5.91 Å². The summed E-state index contributed by atoms with van der Waals surface area (Å²) >= 11 is 0. The van der Waals surface area contributed by atoms with Crippen LogP contribution >= 0.6 is 0 Å². The van der Waals surface area contributed by atoms with Crippen LogP contribution in [0.1, 0.15) is 12.0 Å². The van der Waals surface area contributed by atoms with E-state index in [2.05, 4.69) is 11.4 Å². The normalized spacial score (nSPS) is 9.57. The average Bonchev–Trinajstić information content (AvgIpc) is 2.17. The molecule has 0 aromatic heterocycles. The maximum absolute atomic E-state index is 10.9. The molecule has 0 aliphatic heterocycles. The molecule has 1 aromatic carbocycles. The molecular formula is C11H14NO2. The van der Waals surface area contributed by atoms with Crippen molar-refractivity contribution in [2.75, 3.05) is 13.7 Å². The van der Waals surface area contributed by atoms with Crippen molar-refractivity contribution in [3.05, 3.63) is 29.8 Å². The molecule has 14 heavy (non-hydrogen) atoms. The third kappa shape index (κ3) is 3.47. The number of aryl methyl sites for hydroxylation is 1. The summed E-state index contributed by atoms with van der Waals surface area (Å²) in [4.78, 5) is 10.9. The van der Waals surface area contributed by atoms with Gasteiger partial charge in [0.15, 0.2) is 0 Å². The van der Waals surface area contributed by atoms with Gasteiger partial charge < -0.3 is 10.1 Å². The first-order chi connectivity index (χ1) is 6.72. The monoisotopic (exact) mass is 192 g/mol. The van der Waals surface area contributed by atoms with Crippen LogP contribution in [0.15, 0.2) is 18.2 Å². The van der Waals surface area contributed by atoms with Gasteiger partial charge in [0.1, 0.15) is 5.75 Å². The van der Waals surface area contributed by atoms with Crippen LogP contribution in [0, 0.1) is 13.0 Å². The van der Waals surface area contributed by atoms with Gasteiger partial charge >= 0.3 is 0 Å². The Morgan fingerprint density at radius 2 is 2.43 bits per heavy atom. The van der Waals surface area contributed by atoms with Crippen molar-refractivity contribution in [3.63, 3.8) is 0 Å². The fourth-order valence-corrected chi connectivity index (χ4v) is 1.03. The number of hydrogen-bond acceptors (Lipinski definition) is 2. The number of hydrogen-bond donors (Lipinski definition) is 1. The molecule has 0 saturated carbocycles. The lowest BCUT2D eigenvalue weighted by Gasteiger charge is -2.05. The van der Waals surface area contributed by atoms with Crippen molar-refractivity contribution < 1.29 is 9.53 Å². The molecule has 0 fully saturated rings. The smallest absolute Gasteiger partial charge is 0.223 e. The van der Waals surface area contributed by atoms with Crippen LogP contribution in [0.4, 0.5) is 0 Å². The van der Waals surface area contributed by atoms with Crippen molar-refractivity contribution in [3.8, 4) is 5.75 Å². The third-order valence-corrected chi connectivity index (χ3v) is 1.79. The molecule has 0 bridgehead atoms. The van der Waals surface area contributed by atoms with E-state index < -0.39 is 0 Å².